The molecule has 2 fully saturated rings. The van der Waals surface area contributed by atoms with Gasteiger partial charge in [0.2, 0.25) is 5.91 Å². The van der Waals surface area contributed by atoms with Crippen LogP contribution in [0.25, 0.3) is 0 Å². The summed E-state index contributed by atoms with van der Waals surface area (Å²) < 4.78 is 10.9. The van der Waals surface area contributed by atoms with Crippen LogP contribution in [0.15, 0.2) is 41.5 Å². The Labute approximate surface area is 226 Å². The van der Waals surface area contributed by atoms with E-state index in [1.54, 1.807) is 14.2 Å². The maximum absolute atomic E-state index is 13.9. The first-order valence-electron chi connectivity index (χ1n) is 14.1. The van der Waals surface area contributed by atoms with Gasteiger partial charge in [-0.15, -0.1) is 0 Å². The number of fused-ring (bicyclic) bond motifs is 5. The van der Waals surface area contributed by atoms with Gasteiger partial charge < -0.3 is 19.9 Å². The normalized spacial score (nSPS) is 34.2. The molecule has 1 amide bonds. The topological polar surface area (TPSA) is 84.9 Å². The maximum Gasteiger partial charge on any atom is 0.331 e. The number of hydrogen-bond acceptors (Lipinski definition) is 4. The first kappa shape index (κ1) is 26.8. The van der Waals surface area contributed by atoms with Crippen molar-refractivity contribution in [3.05, 3.63) is 47.1 Å². The van der Waals surface area contributed by atoms with Crippen molar-refractivity contribution in [3.8, 4) is 11.5 Å². The highest BCUT2D eigenvalue weighted by Gasteiger charge is 2.59. The zero-order valence-electron chi connectivity index (χ0n) is 23.7. The van der Waals surface area contributed by atoms with Gasteiger partial charge in [-0.2, -0.15) is 0 Å². The molecule has 4 aliphatic carbocycles. The number of rotatable bonds is 6. The van der Waals surface area contributed by atoms with E-state index in [1.165, 1.54) is 5.57 Å². The van der Waals surface area contributed by atoms with Crippen LogP contribution < -0.4 is 14.8 Å². The highest BCUT2D eigenvalue weighted by atomic mass is 16.5. The molecular formula is C32H43NO5. The van der Waals surface area contributed by atoms with Gasteiger partial charge in [0.05, 0.1) is 19.8 Å². The number of ether oxygens (including phenoxy) is 2. The highest BCUT2D eigenvalue weighted by molar-refractivity contribution is 5.87. The molecule has 1 aromatic rings. The minimum Gasteiger partial charge on any atom is -0.497 e. The molecule has 0 spiro atoms. The van der Waals surface area contributed by atoms with Gasteiger partial charge in [0.25, 0.3) is 0 Å². The van der Waals surface area contributed by atoms with Gasteiger partial charge >= 0.3 is 5.97 Å². The van der Waals surface area contributed by atoms with Crippen molar-refractivity contribution in [2.24, 2.45) is 34.5 Å². The molecular weight excluding hydrogens is 478 g/mol. The van der Waals surface area contributed by atoms with Crippen LogP contribution in [0.3, 0.4) is 0 Å². The smallest absolute Gasteiger partial charge is 0.331 e. The Morgan fingerprint density at radius 3 is 2.32 bits per heavy atom. The van der Waals surface area contributed by atoms with Gasteiger partial charge in [0.1, 0.15) is 11.5 Å². The van der Waals surface area contributed by atoms with Crippen molar-refractivity contribution in [1.29, 1.82) is 0 Å². The monoisotopic (exact) mass is 521 g/mol. The van der Waals surface area contributed by atoms with E-state index in [9.17, 15) is 14.7 Å². The third-order valence-corrected chi connectivity index (χ3v) is 10.9. The number of nitrogens with one attached hydrogen (secondary N) is 1. The van der Waals surface area contributed by atoms with Gasteiger partial charge in [-0.1, -0.05) is 19.9 Å². The number of allylic oxidation sites excluding steroid dienone is 3. The molecule has 2 saturated carbocycles. The van der Waals surface area contributed by atoms with Crippen LogP contribution in [-0.2, 0) is 15.1 Å². The van der Waals surface area contributed by atoms with Crippen LogP contribution in [0, 0.1) is 34.5 Å². The molecule has 38 heavy (non-hydrogen) atoms. The largest absolute Gasteiger partial charge is 0.497 e. The van der Waals surface area contributed by atoms with E-state index in [2.05, 4.69) is 25.2 Å². The summed E-state index contributed by atoms with van der Waals surface area (Å²) in [6.45, 7) is 8.80. The number of aliphatic carboxylic acids is 1. The zero-order valence-corrected chi connectivity index (χ0v) is 23.7. The Morgan fingerprint density at radius 2 is 1.68 bits per heavy atom. The fraction of sp³-hybridized carbons (Fsp3) is 0.625. The third-order valence-electron chi connectivity index (χ3n) is 10.9. The molecule has 4 aliphatic rings. The predicted octanol–water partition coefficient (Wildman–Crippen LogP) is 6.26. The minimum atomic E-state index is -0.786. The van der Waals surface area contributed by atoms with Crippen LogP contribution in [0.1, 0.15) is 78.2 Å². The van der Waals surface area contributed by atoms with Gasteiger partial charge in [-0.3, -0.25) is 4.79 Å². The minimum absolute atomic E-state index is 0.0109. The summed E-state index contributed by atoms with van der Waals surface area (Å²) in [6.07, 6.45) is 11.0. The first-order chi connectivity index (χ1) is 17.9. The summed E-state index contributed by atoms with van der Waals surface area (Å²) in [5.41, 5.74) is 2.17. The van der Waals surface area contributed by atoms with Gasteiger partial charge in [0.15, 0.2) is 0 Å². The van der Waals surface area contributed by atoms with E-state index in [0.717, 1.165) is 44.1 Å². The van der Waals surface area contributed by atoms with E-state index in [4.69, 9.17) is 9.47 Å². The summed E-state index contributed by atoms with van der Waals surface area (Å²) in [7, 11) is 3.27. The Bertz CT molecular complexity index is 1180. The SMILES string of the molecule is COc1cc(OC)cc(C(C)(C)NC(=O)C2CC[C@H]3[C@@H]4CC=C5C=C(C(=O)O)CC[C@]5(C)[C@H]4CC[C@]23C)c1. The fourth-order valence-electron chi connectivity index (χ4n) is 8.56. The maximum atomic E-state index is 13.9. The van der Waals surface area contributed by atoms with Crippen molar-refractivity contribution in [3.63, 3.8) is 0 Å². The van der Waals surface area contributed by atoms with Gasteiger partial charge in [0, 0.05) is 17.6 Å². The lowest BCUT2D eigenvalue weighted by Crippen LogP contribution is -2.52. The molecule has 0 aromatic heterocycles. The molecule has 0 bridgehead atoms. The Hall–Kier alpha value is -2.76. The molecule has 5 rings (SSSR count). The quantitative estimate of drug-likeness (QED) is 0.462. The van der Waals surface area contributed by atoms with E-state index in [-0.39, 0.29) is 22.7 Å². The molecule has 0 heterocycles. The van der Waals surface area contributed by atoms with Crippen molar-refractivity contribution >= 4 is 11.9 Å². The average Bonchev–Trinajstić information content (AvgIpc) is 3.24. The molecule has 6 heteroatoms. The third kappa shape index (κ3) is 4.24. The summed E-state index contributed by atoms with van der Waals surface area (Å²) in [6, 6.07) is 5.78. The number of carboxylic acid groups (broad SMARTS) is 1. The number of carboxylic acids is 1. The standard InChI is InChI=1S/C32H43NO5/c1-30(2,21-16-22(37-5)18-23(17-21)38-6)33-28(34)27-10-9-25-24-8-7-20-15-19(29(35)36)11-13-31(20,3)26(24)12-14-32(25,27)4/h7,15-18,24-27H,8-14H2,1-6H3,(H,33,34)(H,35,36)/t24-,25-,26-,27?,31-,32-/m0/s1. The van der Waals surface area contributed by atoms with Crippen LogP contribution in [0.4, 0.5) is 0 Å². The highest BCUT2D eigenvalue weighted by Crippen LogP contribution is 2.66. The number of amides is 1. The molecule has 1 unspecified atom stereocenters. The molecule has 2 N–H and O–H groups in total. The molecule has 0 saturated heterocycles. The Kier molecular flexibility index (Phi) is 6.68. The summed E-state index contributed by atoms with van der Waals surface area (Å²) in [4.78, 5) is 25.5. The van der Waals surface area contributed by atoms with E-state index >= 15 is 0 Å². The molecule has 0 radical (unpaired) electrons. The lowest BCUT2D eigenvalue weighted by molar-refractivity contribution is -0.133. The van der Waals surface area contributed by atoms with Crippen molar-refractivity contribution in [2.75, 3.05) is 14.2 Å². The number of methoxy groups -OCH3 is 2. The lowest BCUT2D eigenvalue weighted by Gasteiger charge is -2.57. The average molecular weight is 522 g/mol. The van der Waals surface area contributed by atoms with Crippen LogP contribution in [0.2, 0.25) is 0 Å². The van der Waals surface area contributed by atoms with Crippen molar-refractivity contribution in [2.45, 2.75) is 78.2 Å². The van der Waals surface area contributed by atoms with E-state index < -0.39 is 11.5 Å². The molecule has 0 aliphatic heterocycles. The number of benzene rings is 1. The van der Waals surface area contributed by atoms with Crippen LogP contribution >= 0.6 is 0 Å². The summed E-state index contributed by atoms with van der Waals surface area (Å²) >= 11 is 0. The number of hydrogen-bond donors (Lipinski definition) is 2. The van der Waals surface area contributed by atoms with Crippen molar-refractivity contribution < 1.29 is 24.2 Å². The molecule has 6 nitrogen and oxygen atoms in total. The van der Waals surface area contributed by atoms with Gasteiger partial charge in [-0.25, -0.2) is 4.79 Å². The second kappa shape index (κ2) is 9.46. The zero-order chi connectivity index (χ0) is 27.5. The second-order valence-electron chi connectivity index (χ2n) is 13.1. The summed E-state index contributed by atoms with van der Waals surface area (Å²) in [5.74, 6) is 2.37. The number of carbonyl (C=O) groups excluding carboxylic acids is 1. The predicted molar refractivity (Wildman–Crippen MR) is 147 cm³/mol. The van der Waals surface area contributed by atoms with Crippen LogP contribution in [-0.4, -0.2) is 31.2 Å². The van der Waals surface area contributed by atoms with E-state index in [1.807, 2.05) is 38.1 Å². The van der Waals surface area contributed by atoms with Crippen molar-refractivity contribution in [1.82, 2.24) is 5.32 Å². The first-order valence-corrected chi connectivity index (χ1v) is 14.1. The summed E-state index contributed by atoms with van der Waals surface area (Å²) in [5, 5.41) is 12.9. The molecule has 6 atom stereocenters. The van der Waals surface area contributed by atoms with E-state index in [0.29, 0.717) is 41.2 Å². The second-order valence-corrected chi connectivity index (χ2v) is 13.1. The van der Waals surface area contributed by atoms with Gasteiger partial charge in [-0.05, 0) is 117 Å². The Balaban J connectivity index is 1.36. The van der Waals surface area contributed by atoms with Crippen LogP contribution in [0.5, 0.6) is 11.5 Å². The molecule has 206 valence electrons. The fourth-order valence-corrected chi connectivity index (χ4v) is 8.56. The Morgan fingerprint density at radius 1 is 1.00 bits per heavy atom. The number of carbonyl (C=O) groups is 2. The lowest BCUT2D eigenvalue weighted by atomic mass is 9.48. The molecule has 1 aromatic carbocycles.